The van der Waals surface area contributed by atoms with Crippen LogP contribution in [-0.2, 0) is 4.79 Å². The van der Waals surface area contributed by atoms with Crippen molar-refractivity contribution in [2.45, 2.75) is 33.6 Å². The predicted octanol–water partition coefficient (Wildman–Crippen LogP) is 5.36. The quantitative estimate of drug-likeness (QED) is 0.691. The third-order valence-corrected chi connectivity index (χ3v) is 6.09. The summed E-state index contributed by atoms with van der Waals surface area (Å²) in [5.41, 5.74) is 1.85. The number of carbonyl (C=O) groups is 1. The number of fused-ring (bicyclic) bond motifs is 1. The van der Waals surface area contributed by atoms with Gasteiger partial charge < -0.3 is 0 Å². The molecule has 1 saturated carbocycles. The summed E-state index contributed by atoms with van der Waals surface area (Å²) in [5.74, 6) is -0.738. The monoisotopic (exact) mass is 358 g/mol. The van der Waals surface area contributed by atoms with Crippen LogP contribution >= 0.6 is 22.9 Å². The van der Waals surface area contributed by atoms with E-state index >= 15 is 0 Å². The van der Waals surface area contributed by atoms with Crippen molar-refractivity contribution in [3.8, 4) is 6.07 Å². The molecule has 0 unspecified atom stereocenters. The fourth-order valence-electron chi connectivity index (χ4n) is 3.35. The van der Waals surface area contributed by atoms with Gasteiger partial charge in [0.25, 0.3) is 0 Å². The van der Waals surface area contributed by atoms with E-state index < -0.39 is 5.92 Å². The number of Topliss-reactive ketones (excluding diaryl/α,β-unsaturated/α-hetero) is 1. The number of carbonyl (C=O) groups excluding carboxylic acids is 1. The number of nitriles is 1. The Balaban J connectivity index is 1.92. The van der Waals surface area contributed by atoms with E-state index in [2.05, 4.69) is 31.0 Å². The molecule has 2 aromatic rings. The second kappa shape index (κ2) is 5.98. The van der Waals surface area contributed by atoms with Gasteiger partial charge in [0.15, 0.2) is 11.7 Å². The molecule has 0 spiro atoms. The zero-order valence-corrected chi connectivity index (χ0v) is 15.7. The van der Waals surface area contributed by atoms with Crippen molar-refractivity contribution < 1.29 is 4.79 Å². The van der Waals surface area contributed by atoms with Crippen LogP contribution in [-0.4, -0.2) is 10.8 Å². The number of allylic oxidation sites excluding steroid dienone is 2. The average Bonchev–Trinajstić information content (AvgIpc) is 2.83. The molecular weight excluding hydrogens is 340 g/mol. The molecule has 0 N–H and O–H groups in total. The lowest BCUT2D eigenvalue weighted by Gasteiger charge is -2.05. The first-order valence-electron chi connectivity index (χ1n) is 7.90. The summed E-state index contributed by atoms with van der Waals surface area (Å²) < 4.78 is 0.943. The van der Waals surface area contributed by atoms with Crippen LogP contribution in [0, 0.1) is 28.6 Å². The molecule has 124 valence electrons. The highest BCUT2D eigenvalue weighted by Gasteiger charge is 2.61. The van der Waals surface area contributed by atoms with Gasteiger partial charge in [-0.2, -0.15) is 5.26 Å². The van der Waals surface area contributed by atoms with Crippen LogP contribution in [0.2, 0.25) is 5.02 Å². The lowest BCUT2D eigenvalue weighted by molar-refractivity contribution is -0.121. The Labute approximate surface area is 151 Å². The summed E-state index contributed by atoms with van der Waals surface area (Å²) in [7, 11) is 0. The van der Waals surface area contributed by atoms with Gasteiger partial charge in [-0.1, -0.05) is 37.1 Å². The summed E-state index contributed by atoms with van der Waals surface area (Å²) in [6, 6.07) is 7.61. The van der Waals surface area contributed by atoms with E-state index in [4.69, 9.17) is 11.6 Å². The Morgan fingerprint density at radius 3 is 2.79 bits per heavy atom. The lowest BCUT2D eigenvalue weighted by Crippen LogP contribution is -2.15. The smallest absolute Gasteiger partial charge is 0.161 e. The molecule has 0 aliphatic heterocycles. The van der Waals surface area contributed by atoms with Crippen LogP contribution in [0.25, 0.3) is 10.2 Å². The van der Waals surface area contributed by atoms with Crippen LogP contribution < -0.4 is 0 Å². The Bertz CT molecular complexity index is 886. The minimum atomic E-state index is -0.805. The van der Waals surface area contributed by atoms with Crippen LogP contribution in [0.1, 0.15) is 38.6 Å². The van der Waals surface area contributed by atoms with Gasteiger partial charge in [0.1, 0.15) is 5.01 Å². The molecule has 3 nitrogen and oxygen atoms in total. The molecule has 1 fully saturated rings. The van der Waals surface area contributed by atoms with Gasteiger partial charge in [-0.15, -0.1) is 11.3 Å². The summed E-state index contributed by atoms with van der Waals surface area (Å²) >= 11 is 7.39. The third-order valence-electron chi connectivity index (χ3n) is 4.76. The Kier molecular flexibility index (Phi) is 4.27. The molecule has 3 atom stereocenters. The largest absolute Gasteiger partial charge is 0.297 e. The average molecular weight is 359 g/mol. The van der Waals surface area contributed by atoms with E-state index in [1.807, 2.05) is 19.9 Å². The second-order valence-electron chi connectivity index (χ2n) is 7.20. The first-order chi connectivity index (χ1) is 11.3. The zero-order valence-electron chi connectivity index (χ0n) is 14.1. The molecule has 3 rings (SSSR count). The van der Waals surface area contributed by atoms with Crippen molar-refractivity contribution >= 4 is 38.9 Å². The number of thiazole rings is 1. The topological polar surface area (TPSA) is 53.8 Å². The van der Waals surface area contributed by atoms with Crippen molar-refractivity contribution in [2.24, 2.45) is 17.3 Å². The molecule has 0 saturated heterocycles. The number of ketones is 1. The first-order valence-corrected chi connectivity index (χ1v) is 9.09. The summed E-state index contributed by atoms with van der Waals surface area (Å²) in [4.78, 5) is 17.5. The Morgan fingerprint density at radius 1 is 1.46 bits per heavy atom. The molecule has 1 aromatic carbocycles. The number of benzene rings is 1. The molecule has 5 heteroatoms. The standard InChI is InChI=1S/C19H19ClN2OS/c1-10(2)7-13-16(19(13,3)4)17(23)12(9-21)18-22-14-8-11(20)5-6-15(14)24-18/h5-8,12-13,16H,1-4H3/t12-,13-,16+/m1/s1. The number of halogens is 1. The van der Waals surface area contributed by atoms with E-state index in [1.54, 1.807) is 12.1 Å². The highest BCUT2D eigenvalue weighted by Crippen LogP contribution is 2.61. The maximum absolute atomic E-state index is 13.0. The maximum Gasteiger partial charge on any atom is 0.161 e. The zero-order chi connectivity index (χ0) is 17.6. The van der Waals surface area contributed by atoms with Gasteiger partial charge in [-0.3, -0.25) is 4.79 Å². The Hall–Kier alpha value is -1.70. The molecular formula is C19H19ClN2OS. The number of hydrogen-bond donors (Lipinski definition) is 0. The van der Waals surface area contributed by atoms with Crippen LogP contribution in [0.4, 0.5) is 0 Å². The molecule has 1 aliphatic rings. The SMILES string of the molecule is CC(C)=C[C@@H]1[C@@H](C(=O)[C@@H](C#N)c2nc3cc(Cl)ccc3s2)C1(C)C. The van der Waals surface area contributed by atoms with Crippen LogP contribution in [0.15, 0.2) is 29.8 Å². The lowest BCUT2D eigenvalue weighted by atomic mass is 9.98. The van der Waals surface area contributed by atoms with E-state index in [-0.39, 0.29) is 23.0 Å². The van der Waals surface area contributed by atoms with E-state index in [1.165, 1.54) is 16.9 Å². The fraction of sp³-hybridized carbons (Fsp3) is 0.421. The first kappa shape index (κ1) is 17.1. The second-order valence-corrected chi connectivity index (χ2v) is 8.70. The number of aromatic nitrogens is 1. The maximum atomic E-state index is 13.0. The minimum Gasteiger partial charge on any atom is -0.297 e. The molecule has 0 bridgehead atoms. The van der Waals surface area contributed by atoms with E-state index in [0.717, 1.165) is 10.2 Å². The van der Waals surface area contributed by atoms with Gasteiger partial charge in [-0.25, -0.2) is 4.98 Å². The van der Waals surface area contributed by atoms with Crippen molar-refractivity contribution in [2.75, 3.05) is 0 Å². The van der Waals surface area contributed by atoms with Gasteiger partial charge in [0.05, 0.1) is 16.3 Å². The summed E-state index contributed by atoms with van der Waals surface area (Å²) in [5, 5.41) is 10.8. The Morgan fingerprint density at radius 2 is 2.17 bits per heavy atom. The van der Waals surface area contributed by atoms with Crippen LogP contribution in [0.5, 0.6) is 0 Å². The van der Waals surface area contributed by atoms with E-state index in [9.17, 15) is 10.1 Å². The molecule has 1 aromatic heterocycles. The minimum absolute atomic E-state index is 0.0184. The highest BCUT2D eigenvalue weighted by molar-refractivity contribution is 7.18. The van der Waals surface area contributed by atoms with Gasteiger partial charge in [0.2, 0.25) is 0 Å². The normalized spacial score (nSPS) is 22.7. The highest BCUT2D eigenvalue weighted by atomic mass is 35.5. The molecule has 1 aliphatic carbocycles. The third kappa shape index (κ3) is 2.87. The van der Waals surface area contributed by atoms with E-state index in [0.29, 0.717) is 10.0 Å². The molecule has 0 amide bonds. The summed E-state index contributed by atoms with van der Waals surface area (Å²) in [6.07, 6.45) is 2.15. The van der Waals surface area contributed by atoms with Crippen molar-refractivity contribution in [1.82, 2.24) is 4.98 Å². The van der Waals surface area contributed by atoms with Gasteiger partial charge in [-0.05, 0) is 43.4 Å². The summed E-state index contributed by atoms with van der Waals surface area (Å²) in [6.45, 7) is 8.25. The predicted molar refractivity (Wildman–Crippen MR) is 98.2 cm³/mol. The molecule has 24 heavy (non-hydrogen) atoms. The van der Waals surface area contributed by atoms with Crippen LogP contribution in [0.3, 0.4) is 0 Å². The fourth-order valence-corrected chi connectivity index (χ4v) is 4.52. The van der Waals surface area contributed by atoms with Crippen molar-refractivity contribution in [3.05, 3.63) is 39.9 Å². The van der Waals surface area contributed by atoms with Crippen molar-refractivity contribution in [1.29, 1.82) is 5.26 Å². The number of hydrogen-bond acceptors (Lipinski definition) is 4. The number of rotatable bonds is 4. The van der Waals surface area contributed by atoms with Crippen molar-refractivity contribution in [3.63, 3.8) is 0 Å². The molecule has 0 radical (unpaired) electrons. The van der Waals surface area contributed by atoms with Gasteiger partial charge in [0, 0.05) is 10.9 Å². The molecule has 1 heterocycles. The van der Waals surface area contributed by atoms with Gasteiger partial charge >= 0.3 is 0 Å². The number of nitrogens with zero attached hydrogens (tertiary/aromatic N) is 2.